The van der Waals surface area contributed by atoms with Gasteiger partial charge in [-0.15, -0.1) is 0 Å². The molecule has 0 radical (unpaired) electrons. The molecule has 0 spiro atoms. The SMILES string of the molecule is CC(=O)N1CCCN([C@@H]2CN([C@H](C)c3cccnc3)C[C@@H]2C)CC1. The summed E-state index contributed by atoms with van der Waals surface area (Å²) in [5.41, 5.74) is 1.30. The third kappa shape index (κ3) is 3.78. The Bertz CT molecular complexity index is 550. The summed E-state index contributed by atoms with van der Waals surface area (Å²) in [7, 11) is 0. The van der Waals surface area contributed by atoms with Crippen molar-refractivity contribution in [3.63, 3.8) is 0 Å². The van der Waals surface area contributed by atoms with E-state index < -0.39 is 0 Å². The van der Waals surface area contributed by atoms with Crippen molar-refractivity contribution in [2.45, 2.75) is 39.3 Å². The minimum absolute atomic E-state index is 0.211. The Morgan fingerprint density at radius 2 is 2.08 bits per heavy atom. The van der Waals surface area contributed by atoms with Crippen LogP contribution in [-0.4, -0.2) is 70.9 Å². The van der Waals surface area contributed by atoms with Gasteiger partial charge in [0.2, 0.25) is 5.91 Å². The zero-order chi connectivity index (χ0) is 17.1. The topological polar surface area (TPSA) is 39.7 Å². The second-order valence-electron chi connectivity index (χ2n) is 7.36. The summed E-state index contributed by atoms with van der Waals surface area (Å²) in [6, 6.07) is 5.20. The molecule has 3 heterocycles. The zero-order valence-corrected chi connectivity index (χ0v) is 15.2. The first kappa shape index (κ1) is 17.4. The highest BCUT2D eigenvalue weighted by Crippen LogP contribution is 2.30. The van der Waals surface area contributed by atoms with Gasteiger partial charge in [0.15, 0.2) is 0 Å². The molecule has 0 aliphatic carbocycles. The molecule has 0 bridgehead atoms. The largest absolute Gasteiger partial charge is 0.342 e. The van der Waals surface area contributed by atoms with Gasteiger partial charge in [-0.3, -0.25) is 19.6 Å². The lowest BCUT2D eigenvalue weighted by Crippen LogP contribution is -2.43. The number of rotatable bonds is 3. The average molecular weight is 330 g/mol. The van der Waals surface area contributed by atoms with Crippen LogP contribution in [0.4, 0.5) is 0 Å². The van der Waals surface area contributed by atoms with Crippen LogP contribution in [0.2, 0.25) is 0 Å². The minimum Gasteiger partial charge on any atom is -0.342 e. The lowest BCUT2D eigenvalue weighted by Gasteiger charge is -2.30. The van der Waals surface area contributed by atoms with Crippen molar-refractivity contribution in [2.75, 3.05) is 39.3 Å². The summed E-state index contributed by atoms with van der Waals surface area (Å²) in [6.07, 6.45) is 4.91. The quantitative estimate of drug-likeness (QED) is 0.850. The molecule has 1 aromatic rings. The molecule has 3 rings (SSSR count). The summed E-state index contributed by atoms with van der Waals surface area (Å²) in [6.45, 7) is 12.5. The van der Waals surface area contributed by atoms with Gasteiger partial charge in [-0.2, -0.15) is 0 Å². The monoisotopic (exact) mass is 330 g/mol. The number of carbonyl (C=O) groups excluding carboxylic acids is 1. The van der Waals surface area contributed by atoms with E-state index in [4.69, 9.17) is 0 Å². The van der Waals surface area contributed by atoms with E-state index >= 15 is 0 Å². The Hall–Kier alpha value is -1.46. The van der Waals surface area contributed by atoms with E-state index in [9.17, 15) is 4.79 Å². The highest BCUT2D eigenvalue weighted by Gasteiger charge is 2.36. The van der Waals surface area contributed by atoms with Crippen molar-refractivity contribution < 1.29 is 4.79 Å². The Kier molecular flexibility index (Phi) is 5.51. The van der Waals surface area contributed by atoms with Crippen LogP contribution in [0, 0.1) is 5.92 Å². The van der Waals surface area contributed by atoms with Gasteiger partial charge in [-0.05, 0) is 30.9 Å². The number of amides is 1. The summed E-state index contributed by atoms with van der Waals surface area (Å²) >= 11 is 0. The molecular formula is C19H30N4O. The predicted molar refractivity (Wildman–Crippen MR) is 95.6 cm³/mol. The summed E-state index contributed by atoms with van der Waals surface area (Å²) in [5.74, 6) is 0.871. The van der Waals surface area contributed by atoms with Crippen molar-refractivity contribution in [1.29, 1.82) is 0 Å². The minimum atomic E-state index is 0.211. The van der Waals surface area contributed by atoms with E-state index in [1.54, 1.807) is 6.92 Å². The number of hydrogen-bond donors (Lipinski definition) is 0. The van der Waals surface area contributed by atoms with Gasteiger partial charge in [0.1, 0.15) is 0 Å². The lowest BCUT2D eigenvalue weighted by molar-refractivity contribution is -0.128. The molecule has 5 heteroatoms. The molecule has 2 saturated heterocycles. The van der Waals surface area contributed by atoms with Crippen LogP contribution in [0.25, 0.3) is 0 Å². The van der Waals surface area contributed by atoms with Gasteiger partial charge in [0.05, 0.1) is 0 Å². The first-order valence-corrected chi connectivity index (χ1v) is 9.20. The van der Waals surface area contributed by atoms with Crippen molar-refractivity contribution >= 4 is 5.91 Å². The van der Waals surface area contributed by atoms with Crippen molar-refractivity contribution in [3.8, 4) is 0 Å². The Morgan fingerprint density at radius 1 is 1.25 bits per heavy atom. The van der Waals surface area contributed by atoms with Crippen molar-refractivity contribution in [3.05, 3.63) is 30.1 Å². The van der Waals surface area contributed by atoms with Crippen LogP contribution in [-0.2, 0) is 4.79 Å². The highest BCUT2D eigenvalue weighted by molar-refractivity contribution is 5.73. The molecule has 0 saturated carbocycles. The second kappa shape index (κ2) is 7.62. The van der Waals surface area contributed by atoms with Gasteiger partial charge < -0.3 is 4.90 Å². The van der Waals surface area contributed by atoms with Crippen molar-refractivity contribution in [2.24, 2.45) is 5.92 Å². The maximum absolute atomic E-state index is 11.6. The first-order chi connectivity index (χ1) is 11.6. The van der Waals surface area contributed by atoms with E-state index in [0.29, 0.717) is 18.0 Å². The Morgan fingerprint density at radius 3 is 2.79 bits per heavy atom. The summed E-state index contributed by atoms with van der Waals surface area (Å²) in [4.78, 5) is 23.1. The summed E-state index contributed by atoms with van der Waals surface area (Å²) in [5, 5.41) is 0. The molecule has 2 fully saturated rings. The van der Waals surface area contributed by atoms with Gasteiger partial charge >= 0.3 is 0 Å². The van der Waals surface area contributed by atoms with Gasteiger partial charge in [0.25, 0.3) is 0 Å². The van der Waals surface area contributed by atoms with Crippen LogP contribution in [0.1, 0.15) is 38.8 Å². The second-order valence-corrected chi connectivity index (χ2v) is 7.36. The molecule has 2 aliphatic rings. The van der Waals surface area contributed by atoms with Crippen LogP contribution in [0.3, 0.4) is 0 Å². The first-order valence-electron chi connectivity index (χ1n) is 9.20. The van der Waals surface area contributed by atoms with Crippen LogP contribution < -0.4 is 0 Å². The molecule has 132 valence electrons. The maximum Gasteiger partial charge on any atom is 0.219 e. The molecular weight excluding hydrogens is 300 g/mol. The molecule has 24 heavy (non-hydrogen) atoms. The maximum atomic E-state index is 11.6. The van der Waals surface area contributed by atoms with Gasteiger partial charge in [0, 0.05) is 70.7 Å². The fourth-order valence-electron chi connectivity index (χ4n) is 4.20. The van der Waals surface area contributed by atoms with Crippen LogP contribution >= 0.6 is 0 Å². The molecule has 0 N–H and O–H groups in total. The number of carbonyl (C=O) groups is 1. The van der Waals surface area contributed by atoms with E-state index in [1.807, 2.05) is 23.4 Å². The number of nitrogens with zero attached hydrogens (tertiary/aromatic N) is 4. The Balaban J connectivity index is 1.62. The molecule has 1 amide bonds. The van der Waals surface area contributed by atoms with Crippen molar-refractivity contribution in [1.82, 2.24) is 19.7 Å². The number of pyridine rings is 1. The third-order valence-corrected chi connectivity index (χ3v) is 5.76. The summed E-state index contributed by atoms with van der Waals surface area (Å²) < 4.78 is 0. The third-order valence-electron chi connectivity index (χ3n) is 5.76. The Labute approximate surface area is 145 Å². The predicted octanol–water partition coefficient (Wildman–Crippen LogP) is 2.02. The van der Waals surface area contributed by atoms with E-state index in [-0.39, 0.29) is 5.91 Å². The standard InChI is InChI=1S/C19H30N4O/c1-15-13-23(16(2)18-6-4-7-20-12-18)14-19(15)22-9-5-8-21(10-11-22)17(3)24/h4,6-7,12,15-16,19H,5,8-11,13-14H2,1-3H3/t15-,16+,19+/m0/s1. The van der Waals surface area contributed by atoms with Crippen LogP contribution in [0.5, 0.6) is 0 Å². The number of likely N-dealkylation sites (tertiary alicyclic amines) is 1. The van der Waals surface area contributed by atoms with Gasteiger partial charge in [-0.1, -0.05) is 13.0 Å². The highest BCUT2D eigenvalue weighted by atomic mass is 16.2. The molecule has 1 aromatic heterocycles. The number of aromatic nitrogens is 1. The normalized spacial score (nSPS) is 27.9. The molecule has 5 nitrogen and oxygen atoms in total. The molecule has 2 aliphatic heterocycles. The fourth-order valence-corrected chi connectivity index (χ4v) is 4.20. The van der Waals surface area contributed by atoms with E-state index in [2.05, 4.69) is 34.7 Å². The van der Waals surface area contributed by atoms with Gasteiger partial charge in [-0.25, -0.2) is 0 Å². The molecule has 3 atom stereocenters. The number of hydrogen-bond acceptors (Lipinski definition) is 4. The molecule has 0 unspecified atom stereocenters. The smallest absolute Gasteiger partial charge is 0.219 e. The van der Waals surface area contributed by atoms with E-state index in [0.717, 1.165) is 45.7 Å². The molecule has 0 aromatic carbocycles. The lowest BCUT2D eigenvalue weighted by atomic mass is 10.0. The van der Waals surface area contributed by atoms with E-state index in [1.165, 1.54) is 5.56 Å². The average Bonchev–Trinajstić information content (AvgIpc) is 2.82. The van der Waals surface area contributed by atoms with Crippen LogP contribution in [0.15, 0.2) is 24.5 Å². The fraction of sp³-hybridized carbons (Fsp3) is 0.684. The zero-order valence-electron chi connectivity index (χ0n) is 15.2.